The summed E-state index contributed by atoms with van der Waals surface area (Å²) in [4.78, 5) is 2.41. The molecule has 5 nitrogen and oxygen atoms in total. The molecule has 112 valence electrons. The molecule has 0 amide bonds. The van der Waals surface area contributed by atoms with Crippen molar-refractivity contribution < 1.29 is 5.11 Å². The predicted octanol–water partition coefficient (Wildman–Crippen LogP) is 2.31. The van der Waals surface area contributed by atoms with Gasteiger partial charge in [-0.05, 0) is 43.5 Å². The Bertz CT molecular complexity index is 585. The highest BCUT2D eigenvalue weighted by atomic mass is 16.3. The zero-order valence-electron chi connectivity index (χ0n) is 12.5. The van der Waals surface area contributed by atoms with Crippen molar-refractivity contribution in [2.75, 3.05) is 18.0 Å². The van der Waals surface area contributed by atoms with Crippen LogP contribution in [0.5, 0.6) is 0 Å². The van der Waals surface area contributed by atoms with E-state index in [0.29, 0.717) is 5.69 Å². The molecule has 0 radical (unpaired) electrons. The molecule has 2 aromatic rings. The van der Waals surface area contributed by atoms with Crippen LogP contribution >= 0.6 is 0 Å². The molecule has 0 bridgehead atoms. The number of nitrogens with zero attached hydrogens (tertiary/aromatic N) is 4. The van der Waals surface area contributed by atoms with Gasteiger partial charge in [-0.2, -0.15) is 0 Å². The number of aromatic nitrogens is 3. The van der Waals surface area contributed by atoms with Crippen molar-refractivity contribution in [2.24, 2.45) is 0 Å². The predicted molar refractivity (Wildman–Crippen MR) is 82.7 cm³/mol. The number of hydrogen-bond acceptors (Lipinski definition) is 4. The van der Waals surface area contributed by atoms with Crippen LogP contribution in [0.1, 0.15) is 37.6 Å². The van der Waals surface area contributed by atoms with Crippen LogP contribution in [0.15, 0.2) is 24.3 Å². The molecule has 1 aliphatic rings. The molecule has 1 aliphatic heterocycles. The van der Waals surface area contributed by atoms with Crippen LogP contribution in [0.4, 0.5) is 5.69 Å². The first-order valence-electron chi connectivity index (χ1n) is 7.73. The lowest BCUT2D eigenvalue weighted by atomic mass is 10.2. The van der Waals surface area contributed by atoms with E-state index in [-0.39, 0.29) is 6.61 Å². The smallest absolute Gasteiger partial charge is 0.112 e. The molecule has 0 atom stereocenters. The third-order valence-corrected chi connectivity index (χ3v) is 4.05. The molecule has 1 aromatic heterocycles. The molecule has 1 N–H and O–H groups in total. The van der Waals surface area contributed by atoms with E-state index in [9.17, 15) is 5.11 Å². The number of aliphatic hydroxyl groups is 1. The van der Waals surface area contributed by atoms with Crippen molar-refractivity contribution in [3.63, 3.8) is 0 Å². The average molecular weight is 286 g/mol. The van der Waals surface area contributed by atoms with Crippen LogP contribution < -0.4 is 4.90 Å². The van der Waals surface area contributed by atoms with Crippen molar-refractivity contribution in [3.8, 4) is 5.69 Å². The minimum Gasteiger partial charge on any atom is -0.390 e. The number of aliphatic hydroxyl groups excluding tert-OH is 1. The lowest BCUT2D eigenvalue weighted by Gasteiger charge is -2.17. The van der Waals surface area contributed by atoms with Gasteiger partial charge in [-0.1, -0.05) is 18.6 Å². The molecule has 2 heterocycles. The Morgan fingerprint density at radius 1 is 1.10 bits per heavy atom. The first-order chi connectivity index (χ1) is 10.3. The summed E-state index contributed by atoms with van der Waals surface area (Å²) in [6, 6.07) is 8.47. The van der Waals surface area contributed by atoms with Crippen LogP contribution in [-0.2, 0) is 13.0 Å². The molecule has 0 saturated carbocycles. The summed E-state index contributed by atoms with van der Waals surface area (Å²) in [5.74, 6) is 0. The Morgan fingerprint density at radius 3 is 2.38 bits per heavy atom. The van der Waals surface area contributed by atoms with E-state index in [4.69, 9.17) is 0 Å². The lowest BCUT2D eigenvalue weighted by molar-refractivity contribution is 0.275. The van der Waals surface area contributed by atoms with Gasteiger partial charge in [0.2, 0.25) is 0 Å². The maximum absolute atomic E-state index is 9.37. The Hall–Kier alpha value is -1.88. The quantitative estimate of drug-likeness (QED) is 0.916. The highest BCUT2D eigenvalue weighted by Crippen LogP contribution is 2.22. The van der Waals surface area contributed by atoms with Gasteiger partial charge in [-0.3, -0.25) is 0 Å². The van der Waals surface area contributed by atoms with Gasteiger partial charge < -0.3 is 10.0 Å². The molecule has 0 spiro atoms. The van der Waals surface area contributed by atoms with Gasteiger partial charge >= 0.3 is 0 Å². The average Bonchev–Trinajstić information content (AvgIpc) is 3.17. The van der Waals surface area contributed by atoms with E-state index in [2.05, 4.69) is 46.4 Å². The molecule has 1 fully saturated rings. The maximum Gasteiger partial charge on any atom is 0.112 e. The van der Waals surface area contributed by atoms with Gasteiger partial charge in [0.15, 0.2) is 0 Å². The summed E-state index contributed by atoms with van der Waals surface area (Å²) in [7, 11) is 0. The largest absolute Gasteiger partial charge is 0.390 e. The summed E-state index contributed by atoms with van der Waals surface area (Å²) >= 11 is 0. The van der Waals surface area contributed by atoms with Gasteiger partial charge in [0.05, 0.1) is 18.0 Å². The van der Waals surface area contributed by atoms with Crippen LogP contribution in [0, 0.1) is 0 Å². The fourth-order valence-electron chi connectivity index (χ4n) is 2.93. The van der Waals surface area contributed by atoms with Gasteiger partial charge in [-0.25, -0.2) is 4.68 Å². The standard InChI is InChI=1S/C16H22N4O/c1-2-5-16-15(12-21)17-18-20(16)14-8-6-13(7-9-14)19-10-3-4-11-19/h6-9,21H,2-5,10-12H2,1H3. The van der Waals surface area contributed by atoms with Crippen molar-refractivity contribution in [3.05, 3.63) is 35.7 Å². The van der Waals surface area contributed by atoms with E-state index in [1.807, 2.05) is 4.68 Å². The summed E-state index contributed by atoms with van der Waals surface area (Å²) < 4.78 is 1.85. The van der Waals surface area contributed by atoms with Crippen molar-refractivity contribution in [2.45, 2.75) is 39.2 Å². The Morgan fingerprint density at radius 2 is 1.76 bits per heavy atom. The summed E-state index contributed by atoms with van der Waals surface area (Å²) in [6.07, 6.45) is 4.44. The number of hydrogen-bond donors (Lipinski definition) is 1. The van der Waals surface area contributed by atoms with E-state index in [0.717, 1.165) is 37.3 Å². The number of anilines is 1. The summed E-state index contributed by atoms with van der Waals surface area (Å²) in [5.41, 5.74) is 3.97. The molecule has 0 aliphatic carbocycles. The normalized spacial score (nSPS) is 14.9. The SMILES string of the molecule is CCCc1c(CO)nnn1-c1ccc(N2CCCC2)cc1. The molecular formula is C16H22N4O. The van der Waals surface area contributed by atoms with E-state index in [1.165, 1.54) is 18.5 Å². The highest BCUT2D eigenvalue weighted by molar-refractivity contribution is 5.51. The second kappa shape index (κ2) is 6.26. The van der Waals surface area contributed by atoms with Gasteiger partial charge in [-0.15, -0.1) is 5.10 Å². The van der Waals surface area contributed by atoms with Crippen molar-refractivity contribution >= 4 is 5.69 Å². The fraction of sp³-hybridized carbons (Fsp3) is 0.500. The minimum atomic E-state index is -0.0544. The summed E-state index contributed by atoms with van der Waals surface area (Å²) in [5, 5.41) is 17.6. The van der Waals surface area contributed by atoms with Gasteiger partial charge in [0.1, 0.15) is 5.69 Å². The van der Waals surface area contributed by atoms with Crippen LogP contribution in [0.25, 0.3) is 5.69 Å². The first kappa shape index (κ1) is 14.1. The first-order valence-corrected chi connectivity index (χ1v) is 7.73. The molecule has 1 aromatic carbocycles. The zero-order valence-corrected chi connectivity index (χ0v) is 12.5. The van der Waals surface area contributed by atoms with Crippen LogP contribution in [-0.4, -0.2) is 33.2 Å². The lowest BCUT2D eigenvalue weighted by Crippen LogP contribution is -2.17. The molecule has 21 heavy (non-hydrogen) atoms. The molecule has 1 saturated heterocycles. The van der Waals surface area contributed by atoms with Crippen molar-refractivity contribution in [1.29, 1.82) is 0 Å². The second-order valence-electron chi connectivity index (χ2n) is 5.51. The number of rotatable bonds is 5. The van der Waals surface area contributed by atoms with E-state index < -0.39 is 0 Å². The summed E-state index contributed by atoms with van der Waals surface area (Å²) in [6.45, 7) is 4.37. The molecule has 0 unspecified atom stereocenters. The number of benzene rings is 1. The van der Waals surface area contributed by atoms with E-state index >= 15 is 0 Å². The Balaban J connectivity index is 1.88. The molecule has 5 heteroatoms. The third kappa shape index (κ3) is 2.78. The topological polar surface area (TPSA) is 54.2 Å². The van der Waals surface area contributed by atoms with Crippen LogP contribution in [0.2, 0.25) is 0 Å². The highest BCUT2D eigenvalue weighted by Gasteiger charge is 2.15. The Labute approximate surface area is 125 Å². The minimum absolute atomic E-state index is 0.0544. The monoisotopic (exact) mass is 286 g/mol. The maximum atomic E-state index is 9.37. The third-order valence-electron chi connectivity index (χ3n) is 4.05. The Kier molecular flexibility index (Phi) is 4.20. The van der Waals surface area contributed by atoms with Gasteiger partial charge in [0.25, 0.3) is 0 Å². The van der Waals surface area contributed by atoms with Crippen LogP contribution in [0.3, 0.4) is 0 Å². The zero-order chi connectivity index (χ0) is 14.7. The molecule has 3 rings (SSSR count). The second-order valence-corrected chi connectivity index (χ2v) is 5.51. The molecular weight excluding hydrogens is 264 g/mol. The van der Waals surface area contributed by atoms with Crippen molar-refractivity contribution in [1.82, 2.24) is 15.0 Å². The van der Waals surface area contributed by atoms with Gasteiger partial charge in [0, 0.05) is 18.8 Å². The van der Waals surface area contributed by atoms with E-state index in [1.54, 1.807) is 0 Å². The fourth-order valence-corrected chi connectivity index (χ4v) is 2.93.